The maximum atomic E-state index is 13.1. The van der Waals surface area contributed by atoms with Crippen LogP contribution < -0.4 is 21.1 Å². The van der Waals surface area contributed by atoms with E-state index in [1.165, 1.54) is 11.3 Å². The van der Waals surface area contributed by atoms with E-state index in [1.807, 2.05) is 56.3 Å². The van der Waals surface area contributed by atoms with Gasteiger partial charge < -0.3 is 26.1 Å². The predicted molar refractivity (Wildman–Crippen MR) is 162 cm³/mol. The lowest BCUT2D eigenvalue weighted by atomic mass is 10.1. The fourth-order valence-electron chi connectivity index (χ4n) is 5.14. The van der Waals surface area contributed by atoms with Gasteiger partial charge in [0.15, 0.2) is 5.82 Å². The number of nitrogens with one attached hydrogen (secondary N) is 3. The van der Waals surface area contributed by atoms with Crippen LogP contribution in [0.4, 0.5) is 17.5 Å². The molecule has 0 radical (unpaired) electrons. The van der Waals surface area contributed by atoms with Crippen molar-refractivity contribution in [2.24, 2.45) is 12.8 Å². The zero-order valence-corrected chi connectivity index (χ0v) is 24.3. The summed E-state index contributed by atoms with van der Waals surface area (Å²) >= 11 is 1.26. The Bertz CT molecular complexity index is 1770. The highest BCUT2D eigenvalue weighted by Gasteiger charge is 2.27. The van der Waals surface area contributed by atoms with Gasteiger partial charge in [0.25, 0.3) is 5.91 Å². The van der Waals surface area contributed by atoms with Crippen molar-refractivity contribution in [1.82, 2.24) is 29.6 Å². The number of aromatic nitrogens is 5. The first-order valence-electron chi connectivity index (χ1n) is 13.5. The highest BCUT2D eigenvalue weighted by molar-refractivity contribution is 7.12. The summed E-state index contributed by atoms with van der Waals surface area (Å²) in [6.45, 7) is 5.47. The number of H-pyrrole nitrogens is 1. The fourth-order valence-corrected chi connectivity index (χ4v) is 5.82. The number of hydrogen-bond acceptors (Lipinski definition) is 9. The number of aryl methyl sites for hydroxylation is 3. The molecule has 5 N–H and O–H groups in total. The zero-order valence-electron chi connectivity index (χ0n) is 23.5. The first-order chi connectivity index (χ1) is 20.2. The van der Waals surface area contributed by atoms with Crippen molar-refractivity contribution in [1.29, 1.82) is 0 Å². The number of carbonyl (C=O) groups excluding carboxylic acids is 2. The van der Waals surface area contributed by atoms with Crippen LogP contribution in [0.25, 0.3) is 22.2 Å². The van der Waals surface area contributed by atoms with Crippen LogP contribution in [-0.2, 0) is 11.8 Å². The molecule has 4 aromatic heterocycles. The molecule has 0 saturated carbocycles. The minimum Gasteiger partial charge on any atom is -0.487 e. The summed E-state index contributed by atoms with van der Waals surface area (Å²) in [6.07, 6.45) is 4.33. The molecular formula is C29H31N9O3S. The number of rotatable bonds is 9. The molecule has 6 rings (SSSR count). The van der Waals surface area contributed by atoms with Crippen molar-refractivity contribution in [3.8, 4) is 17.0 Å². The smallest absolute Gasteiger partial charge is 0.262 e. The monoisotopic (exact) mass is 585 g/mol. The molecule has 5 aromatic rings. The summed E-state index contributed by atoms with van der Waals surface area (Å²) in [6, 6.07) is 9.48. The van der Waals surface area contributed by atoms with E-state index in [0.717, 1.165) is 39.8 Å². The number of fused-ring (bicyclic) bond motifs is 1. The Kier molecular flexibility index (Phi) is 7.35. The van der Waals surface area contributed by atoms with Gasteiger partial charge in [0.2, 0.25) is 11.9 Å². The van der Waals surface area contributed by atoms with Gasteiger partial charge in [0.1, 0.15) is 16.7 Å². The van der Waals surface area contributed by atoms with Crippen molar-refractivity contribution in [2.45, 2.75) is 26.4 Å². The number of thiophene rings is 1. The standard InChI is InChI=1S/C29H31N9O3S/c1-16-12-32-29(34-23-11-17(2)37(3)36-23)35-25(16)20-13-31-26-19(20)5-4-6-21(26)33-24(39)15-38-9-7-18(14-38)41-22-8-10-42-27(22)28(30)40/h4-6,8,10-13,18,31H,7,9,14-15H2,1-3H3,(H2,30,40)(H,33,39)(H,32,34,35,36)/t18-/m0/s1. The minimum atomic E-state index is -0.498. The van der Waals surface area contributed by atoms with E-state index in [-0.39, 0.29) is 18.6 Å². The Labute approximate surface area is 245 Å². The van der Waals surface area contributed by atoms with E-state index in [0.29, 0.717) is 41.2 Å². The third-order valence-electron chi connectivity index (χ3n) is 7.31. The number of nitrogens with two attached hydrogens (primary N) is 1. The van der Waals surface area contributed by atoms with E-state index in [9.17, 15) is 9.59 Å². The molecule has 1 saturated heterocycles. The molecule has 2 amide bonds. The van der Waals surface area contributed by atoms with E-state index < -0.39 is 5.91 Å². The maximum absolute atomic E-state index is 13.1. The molecule has 12 nitrogen and oxygen atoms in total. The normalized spacial score (nSPS) is 15.3. The van der Waals surface area contributed by atoms with Crippen LogP contribution in [-0.4, -0.2) is 67.2 Å². The lowest BCUT2D eigenvalue weighted by Crippen LogP contribution is -2.33. The summed E-state index contributed by atoms with van der Waals surface area (Å²) in [5.41, 5.74) is 10.6. The molecule has 216 valence electrons. The number of ether oxygens (including phenoxy) is 1. The van der Waals surface area contributed by atoms with Gasteiger partial charge in [-0.05, 0) is 43.3 Å². The van der Waals surface area contributed by atoms with Gasteiger partial charge in [0, 0.05) is 55.2 Å². The lowest BCUT2D eigenvalue weighted by Gasteiger charge is -2.17. The second kappa shape index (κ2) is 11.3. The van der Waals surface area contributed by atoms with Gasteiger partial charge in [0.05, 0.1) is 23.4 Å². The number of nitrogens with zero attached hydrogens (tertiary/aromatic N) is 5. The van der Waals surface area contributed by atoms with Crippen LogP contribution >= 0.6 is 11.3 Å². The number of aromatic amines is 1. The van der Waals surface area contributed by atoms with Crippen LogP contribution in [0.15, 0.2) is 48.1 Å². The van der Waals surface area contributed by atoms with E-state index in [4.69, 9.17) is 15.5 Å². The number of hydrogen-bond donors (Lipinski definition) is 4. The number of likely N-dealkylation sites (tertiary alicyclic amines) is 1. The molecule has 0 bridgehead atoms. The third-order valence-corrected chi connectivity index (χ3v) is 8.22. The average molecular weight is 586 g/mol. The van der Waals surface area contributed by atoms with E-state index >= 15 is 0 Å². The minimum absolute atomic E-state index is 0.114. The third kappa shape index (κ3) is 5.56. The Hall–Kier alpha value is -4.75. The second-order valence-electron chi connectivity index (χ2n) is 10.4. The molecule has 42 heavy (non-hydrogen) atoms. The maximum Gasteiger partial charge on any atom is 0.262 e. The Morgan fingerprint density at radius 3 is 2.90 bits per heavy atom. The number of anilines is 3. The molecule has 1 aliphatic heterocycles. The topological polar surface area (TPSA) is 156 Å². The molecule has 1 aromatic carbocycles. The lowest BCUT2D eigenvalue weighted by molar-refractivity contribution is -0.117. The number of amides is 2. The molecular weight excluding hydrogens is 554 g/mol. The molecule has 1 aliphatic rings. The molecule has 1 fully saturated rings. The van der Waals surface area contributed by atoms with Crippen molar-refractivity contribution in [3.63, 3.8) is 0 Å². The first-order valence-corrected chi connectivity index (χ1v) is 14.4. The average Bonchev–Trinajstić information content (AvgIpc) is 3.74. The molecule has 1 atom stereocenters. The van der Waals surface area contributed by atoms with Gasteiger partial charge in [-0.3, -0.25) is 19.2 Å². The molecule has 13 heteroatoms. The van der Waals surface area contributed by atoms with Crippen molar-refractivity contribution >= 4 is 51.5 Å². The van der Waals surface area contributed by atoms with Crippen LogP contribution in [0.2, 0.25) is 0 Å². The van der Waals surface area contributed by atoms with Crippen LogP contribution in [0, 0.1) is 13.8 Å². The molecule has 0 spiro atoms. The molecule has 5 heterocycles. The number of para-hydroxylation sites is 1. The van der Waals surface area contributed by atoms with Crippen LogP contribution in [0.1, 0.15) is 27.3 Å². The quantitative estimate of drug-likeness (QED) is 0.202. The Morgan fingerprint density at radius 1 is 1.26 bits per heavy atom. The van der Waals surface area contributed by atoms with Gasteiger partial charge in [-0.15, -0.1) is 11.3 Å². The van der Waals surface area contributed by atoms with Crippen molar-refractivity contribution < 1.29 is 14.3 Å². The molecule has 0 unspecified atom stereocenters. The van der Waals surface area contributed by atoms with Gasteiger partial charge in [-0.1, -0.05) is 12.1 Å². The van der Waals surface area contributed by atoms with Gasteiger partial charge >= 0.3 is 0 Å². The van der Waals surface area contributed by atoms with Crippen molar-refractivity contribution in [3.05, 3.63) is 64.2 Å². The summed E-state index contributed by atoms with van der Waals surface area (Å²) < 4.78 is 7.80. The van der Waals surface area contributed by atoms with E-state index in [2.05, 4.69) is 25.7 Å². The SMILES string of the molecule is Cc1cnc(Nc2cc(C)n(C)n2)nc1-c1c[nH]c2c(NC(=O)CN3CC[C@H](Oc4ccsc4C(N)=O)C3)cccc12. The van der Waals surface area contributed by atoms with Crippen LogP contribution in [0.3, 0.4) is 0 Å². The van der Waals surface area contributed by atoms with Gasteiger partial charge in [-0.2, -0.15) is 5.10 Å². The zero-order chi connectivity index (χ0) is 29.4. The fraction of sp³-hybridized carbons (Fsp3) is 0.276. The number of benzene rings is 1. The van der Waals surface area contributed by atoms with Crippen LogP contribution in [0.5, 0.6) is 5.75 Å². The number of primary amides is 1. The predicted octanol–water partition coefficient (Wildman–Crippen LogP) is 3.97. The Morgan fingerprint density at radius 2 is 2.12 bits per heavy atom. The first kappa shape index (κ1) is 27.4. The Balaban J connectivity index is 1.14. The highest BCUT2D eigenvalue weighted by Crippen LogP contribution is 2.34. The summed E-state index contributed by atoms with van der Waals surface area (Å²) in [5, 5.41) is 13.4. The molecule has 0 aliphatic carbocycles. The van der Waals surface area contributed by atoms with Gasteiger partial charge in [-0.25, -0.2) is 9.97 Å². The highest BCUT2D eigenvalue weighted by atomic mass is 32.1. The number of carbonyl (C=O) groups is 2. The summed E-state index contributed by atoms with van der Waals surface area (Å²) in [7, 11) is 1.88. The van der Waals surface area contributed by atoms with Crippen molar-refractivity contribution in [2.75, 3.05) is 30.3 Å². The van der Waals surface area contributed by atoms with E-state index in [1.54, 1.807) is 22.3 Å². The largest absolute Gasteiger partial charge is 0.487 e. The summed E-state index contributed by atoms with van der Waals surface area (Å²) in [5.74, 6) is 1.01. The summed E-state index contributed by atoms with van der Waals surface area (Å²) in [4.78, 5) is 39.6. The second-order valence-corrected chi connectivity index (χ2v) is 11.3.